The van der Waals surface area contributed by atoms with Gasteiger partial charge < -0.3 is 25.9 Å². The van der Waals surface area contributed by atoms with Gasteiger partial charge in [-0.25, -0.2) is 0 Å². The molecule has 0 unspecified atom stereocenters. The third-order valence-electron chi connectivity index (χ3n) is 2.17. The molecule has 0 aliphatic heterocycles. The van der Waals surface area contributed by atoms with E-state index >= 15 is 0 Å². The van der Waals surface area contributed by atoms with Crippen LogP contribution in [0, 0.1) is 0 Å². The second kappa shape index (κ2) is 16.1. The zero-order valence-corrected chi connectivity index (χ0v) is 12.5. The van der Waals surface area contributed by atoms with Crippen molar-refractivity contribution < 1.29 is 62.1 Å². The third-order valence-corrected chi connectivity index (χ3v) is 2.17. The summed E-state index contributed by atoms with van der Waals surface area (Å²) in [5.74, 6) is -4.91. The second-order valence-corrected chi connectivity index (χ2v) is 4.00. The summed E-state index contributed by atoms with van der Waals surface area (Å²) in [5, 5.41) is 34.5. The van der Waals surface area contributed by atoms with Crippen LogP contribution in [0.1, 0.15) is 0 Å². The van der Waals surface area contributed by atoms with Gasteiger partial charge in [-0.3, -0.25) is 29.0 Å². The summed E-state index contributed by atoms with van der Waals surface area (Å²) in [4.78, 5) is 44.4. The van der Waals surface area contributed by atoms with E-state index in [4.69, 9.17) is 20.4 Å². The van der Waals surface area contributed by atoms with E-state index in [1.54, 1.807) is 0 Å². The zero-order valence-electron chi connectivity index (χ0n) is 11.4. The van der Waals surface area contributed by atoms with Crippen LogP contribution in [0.25, 0.3) is 0 Å². The summed E-state index contributed by atoms with van der Waals surface area (Å²) < 4.78 is 0. The number of nitrogens with zero attached hydrogens (tertiary/aromatic N) is 2. The molecule has 0 aliphatic carbocycles. The first-order valence-corrected chi connectivity index (χ1v) is 5.52. The first-order chi connectivity index (χ1) is 9.20. The van der Waals surface area contributed by atoms with E-state index in [9.17, 15) is 19.2 Å². The molecule has 0 aromatic heterocycles. The number of hydrogen-bond donors (Lipinski definition) is 4. The van der Waals surface area contributed by atoms with Crippen molar-refractivity contribution in [1.29, 1.82) is 0 Å². The molecule has 11 nitrogen and oxygen atoms in total. The van der Waals surface area contributed by atoms with Gasteiger partial charge in [0.15, 0.2) is 0 Å². The van der Waals surface area contributed by atoms with Gasteiger partial charge in [-0.1, -0.05) is 0 Å². The van der Waals surface area contributed by atoms with E-state index in [-0.39, 0.29) is 65.2 Å². The van der Waals surface area contributed by atoms with Crippen molar-refractivity contribution in [3.8, 4) is 0 Å². The van der Waals surface area contributed by atoms with Crippen LogP contribution in [0.15, 0.2) is 0 Å². The van der Waals surface area contributed by atoms with Gasteiger partial charge in [-0.2, -0.15) is 0 Å². The fraction of sp³-hybridized carbons (Fsp3) is 0.600. The third kappa shape index (κ3) is 19.2. The molecule has 23 heavy (non-hydrogen) atoms. The quantitative estimate of drug-likeness (QED) is 0.257. The summed E-state index contributed by atoms with van der Waals surface area (Å²) in [6, 6.07) is 0. The fourth-order valence-electron chi connectivity index (χ4n) is 1.48. The predicted molar refractivity (Wildman–Crippen MR) is 74.2 cm³/mol. The Hall–Kier alpha value is -0.721. The molecule has 0 fully saturated rings. The summed E-state index contributed by atoms with van der Waals surface area (Å²) in [6.07, 6.45) is 0. The van der Waals surface area contributed by atoms with Gasteiger partial charge in [0.2, 0.25) is 0 Å². The van der Waals surface area contributed by atoms with Crippen molar-refractivity contribution in [2.24, 2.45) is 0 Å². The Kier molecular flexibility index (Phi) is 21.2. The van der Waals surface area contributed by atoms with Gasteiger partial charge in [-0.05, 0) is 0 Å². The van der Waals surface area contributed by atoms with Gasteiger partial charge in [0, 0.05) is 30.2 Å². The van der Waals surface area contributed by atoms with E-state index in [0.717, 1.165) is 9.80 Å². The SMILES string of the molecule is O.O=C(O)CN(CCN(CC(=O)O)CC(=O)O)CC(=O)O.[Fe].[NaH]. The van der Waals surface area contributed by atoms with Crippen LogP contribution in [0.2, 0.25) is 0 Å². The van der Waals surface area contributed by atoms with Crippen molar-refractivity contribution in [2.45, 2.75) is 0 Å². The fourth-order valence-corrected chi connectivity index (χ4v) is 1.48. The van der Waals surface area contributed by atoms with Gasteiger partial charge >= 0.3 is 53.4 Å². The molecular weight excluding hydrogens is 371 g/mol. The molecule has 0 bridgehead atoms. The Morgan fingerprint density at radius 1 is 0.609 bits per heavy atom. The van der Waals surface area contributed by atoms with Crippen molar-refractivity contribution >= 4 is 53.4 Å². The molecule has 6 N–H and O–H groups in total. The number of aliphatic carboxylic acids is 4. The van der Waals surface area contributed by atoms with Crippen molar-refractivity contribution in [3.05, 3.63) is 0 Å². The maximum absolute atomic E-state index is 10.6. The summed E-state index contributed by atoms with van der Waals surface area (Å²) >= 11 is 0. The number of carbonyl (C=O) groups is 4. The first kappa shape index (κ1) is 30.2. The normalized spacial score (nSPS) is 9.30. The summed E-state index contributed by atoms with van der Waals surface area (Å²) in [5.41, 5.74) is 0. The molecule has 132 valence electrons. The minimum absolute atomic E-state index is 0. The molecular formula is C10H19FeN2NaO9. The molecule has 0 heterocycles. The van der Waals surface area contributed by atoms with E-state index in [1.807, 2.05) is 0 Å². The molecule has 0 atom stereocenters. The number of rotatable bonds is 11. The Balaban J connectivity index is -0.000000602. The molecule has 0 aliphatic rings. The van der Waals surface area contributed by atoms with Crippen molar-refractivity contribution in [1.82, 2.24) is 9.80 Å². The summed E-state index contributed by atoms with van der Waals surface area (Å²) in [6.45, 7) is -2.25. The van der Waals surface area contributed by atoms with Crippen LogP contribution in [0.5, 0.6) is 0 Å². The molecule has 0 spiro atoms. The van der Waals surface area contributed by atoms with Gasteiger partial charge in [0.1, 0.15) is 0 Å². The zero-order chi connectivity index (χ0) is 15.7. The minimum atomic E-state index is -1.23. The van der Waals surface area contributed by atoms with E-state index < -0.39 is 50.1 Å². The number of hydrogen-bond acceptors (Lipinski definition) is 6. The Morgan fingerprint density at radius 3 is 0.913 bits per heavy atom. The van der Waals surface area contributed by atoms with Crippen LogP contribution < -0.4 is 0 Å². The molecule has 0 rings (SSSR count). The van der Waals surface area contributed by atoms with Gasteiger partial charge in [0.05, 0.1) is 26.2 Å². The van der Waals surface area contributed by atoms with E-state index in [1.165, 1.54) is 0 Å². The van der Waals surface area contributed by atoms with E-state index in [0.29, 0.717) is 0 Å². The molecule has 0 aromatic carbocycles. The maximum atomic E-state index is 10.6. The predicted octanol–water partition coefficient (Wildman–Crippen LogP) is -3.55. The molecule has 0 saturated heterocycles. The van der Waals surface area contributed by atoms with Crippen molar-refractivity contribution in [3.63, 3.8) is 0 Å². The van der Waals surface area contributed by atoms with Crippen LogP contribution in [0.4, 0.5) is 0 Å². The van der Waals surface area contributed by atoms with Crippen LogP contribution in [-0.2, 0) is 36.2 Å². The summed E-state index contributed by atoms with van der Waals surface area (Å²) in [7, 11) is 0. The molecule has 0 saturated carbocycles. The average molecular weight is 390 g/mol. The molecule has 0 aromatic rings. The Bertz CT molecular complexity index is 329. The van der Waals surface area contributed by atoms with Crippen LogP contribution in [-0.4, -0.2) is 128 Å². The standard InChI is InChI=1S/C10H16N2O8.Fe.Na.H2O.H/c13-7(14)3-11(4-8(15)16)1-2-12(5-9(17)18)6-10(19)20;;;;/h1-6H2,(H,13,14)(H,15,16)(H,17,18)(H,19,20);;;1H2;. The second-order valence-electron chi connectivity index (χ2n) is 4.00. The van der Waals surface area contributed by atoms with Crippen LogP contribution >= 0.6 is 0 Å². The van der Waals surface area contributed by atoms with Gasteiger partial charge in [-0.15, -0.1) is 0 Å². The van der Waals surface area contributed by atoms with Crippen molar-refractivity contribution in [2.75, 3.05) is 39.3 Å². The molecule has 0 radical (unpaired) electrons. The van der Waals surface area contributed by atoms with E-state index in [2.05, 4.69) is 0 Å². The molecule has 0 amide bonds. The molecule has 13 heteroatoms. The monoisotopic (exact) mass is 390 g/mol. The Morgan fingerprint density at radius 2 is 0.783 bits per heavy atom. The first-order valence-electron chi connectivity index (χ1n) is 5.52. The average Bonchev–Trinajstić information content (AvgIpc) is 2.22. The number of carboxylic acid groups (broad SMARTS) is 4. The van der Waals surface area contributed by atoms with Crippen LogP contribution in [0.3, 0.4) is 0 Å². The topological polar surface area (TPSA) is 187 Å². The number of carboxylic acids is 4. The Labute approximate surface area is 164 Å². The van der Waals surface area contributed by atoms with Gasteiger partial charge in [0.25, 0.3) is 0 Å².